The third-order valence-electron chi connectivity index (χ3n) is 3.72. The number of benzene rings is 1. The fraction of sp³-hybridized carbons (Fsp3) is 0.467. The van der Waals surface area contributed by atoms with Crippen molar-refractivity contribution >= 4 is 27.5 Å². The van der Waals surface area contributed by atoms with Crippen molar-refractivity contribution in [1.82, 2.24) is 4.72 Å². The van der Waals surface area contributed by atoms with Crippen LogP contribution < -0.4 is 14.4 Å². The van der Waals surface area contributed by atoms with Crippen molar-refractivity contribution in [3.8, 4) is 5.75 Å². The van der Waals surface area contributed by atoms with Crippen molar-refractivity contribution in [3.05, 3.63) is 18.2 Å². The van der Waals surface area contributed by atoms with E-state index in [-0.39, 0.29) is 47.0 Å². The number of nitrogens with one attached hydrogen (secondary N) is 1. The minimum Gasteiger partial charge on any atom is -0.495 e. The SMILES string of the molecule is CCC(C)NS(=O)(=O)c1ccc(OC)c(N2C(=O)CCC2=O)c1. The fourth-order valence-corrected chi connectivity index (χ4v) is 3.62. The lowest BCUT2D eigenvalue weighted by Crippen LogP contribution is -2.33. The van der Waals surface area contributed by atoms with Crippen molar-refractivity contribution in [1.29, 1.82) is 0 Å². The van der Waals surface area contributed by atoms with Crippen LogP contribution >= 0.6 is 0 Å². The Kier molecular flexibility index (Phi) is 5.06. The molecule has 0 spiro atoms. The van der Waals surface area contributed by atoms with Gasteiger partial charge in [-0.1, -0.05) is 6.92 Å². The standard InChI is InChI=1S/C15H20N2O5S/c1-4-10(2)16-23(20,21)11-5-6-13(22-3)12(9-11)17-14(18)7-8-15(17)19/h5-6,9-10,16H,4,7-8H2,1-3H3. The lowest BCUT2D eigenvalue weighted by molar-refractivity contribution is -0.121. The second kappa shape index (κ2) is 6.67. The summed E-state index contributed by atoms with van der Waals surface area (Å²) in [4.78, 5) is 24.8. The van der Waals surface area contributed by atoms with Crippen molar-refractivity contribution in [2.75, 3.05) is 12.0 Å². The summed E-state index contributed by atoms with van der Waals surface area (Å²) in [5, 5.41) is 0. The second-order valence-electron chi connectivity index (χ2n) is 5.39. The van der Waals surface area contributed by atoms with E-state index in [4.69, 9.17) is 4.74 Å². The molecule has 1 saturated heterocycles. The van der Waals surface area contributed by atoms with Crippen LogP contribution in [-0.2, 0) is 19.6 Å². The largest absolute Gasteiger partial charge is 0.495 e. The molecule has 1 fully saturated rings. The number of hydrogen-bond acceptors (Lipinski definition) is 5. The molecule has 1 heterocycles. The minimum atomic E-state index is -3.74. The quantitative estimate of drug-likeness (QED) is 0.791. The van der Waals surface area contributed by atoms with E-state index in [1.54, 1.807) is 6.92 Å². The number of nitrogens with zero attached hydrogens (tertiary/aromatic N) is 1. The number of methoxy groups -OCH3 is 1. The molecule has 1 aromatic carbocycles. The Hall–Kier alpha value is -1.93. The molecule has 0 bridgehead atoms. The molecule has 1 atom stereocenters. The fourth-order valence-electron chi connectivity index (χ4n) is 2.27. The van der Waals surface area contributed by atoms with E-state index in [0.717, 1.165) is 4.90 Å². The summed E-state index contributed by atoms with van der Waals surface area (Å²) in [7, 11) is -2.34. The van der Waals surface area contributed by atoms with Crippen LogP contribution in [0.5, 0.6) is 5.75 Å². The maximum Gasteiger partial charge on any atom is 0.240 e. The third kappa shape index (κ3) is 3.53. The van der Waals surface area contributed by atoms with Crippen LogP contribution in [0.4, 0.5) is 5.69 Å². The molecule has 1 N–H and O–H groups in total. The number of rotatable bonds is 6. The average Bonchev–Trinajstić information content (AvgIpc) is 2.85. The molecule has 1 aliphatic heterocycles. The van der Waals surface area contributed by atoms with Crippen LogP contribution in [0.15, 0.2) is 23.1 Å². The third-order valence-corrected chi connectivity index (χ3v) is 5.31. The molecule has 0 radical (unpaired) electrons. The summed E-state index contributed by atoms with van der Waals surface area (Å²) in [6.45, 7) is 3.63. The summed E-state index contributed by atoms with van der Waals surface area (Å²) >= 11 is 0. The zero-order valence-corrected chi connectivity index (χ0v) is 14.1. The monoisotopic (exact) mass is 340 g/mol. The van der Waals surface area contributed by atoms with Crippen LogP contribution in [0.2, 0.25) is 0 Å². The molecule has 2 rings (SSSR count). The predicted octanol–water partition coefficient (Wildman–Crippen LogP) is 1.43. The van der Waals surface area contributed by atoms with Crippen molar-refractivity contribution in [3.63, 3.8) is 0 Å². The Bertz CT molecular complexity index is 713. The van der Waals surface area contributed by atoms with Gasteiger partial charge in [0, 0.05) is 18.9 Å². The maximum absolute atomic E-state index is 12.4. The van der Waals surface area contributed by atoms with Gasteiger partial charge < -0.3 is 4.74 Å². The minimum absolute atomic E-state index is 0.0129. The molecule has 0 aliphatic carbocycles. The summed E-state index contributed by atoms with van der Waals surface area (Å²) < 4.78 is 32.5. The molecular weight excluding hydrogens is 320 g/mol. The van der Waals surface area contributed by atoms with Gasteiger partial charge in [-0.05, 0) is 31.5 Å². The molecule has 1 aromatic rings. The number of hydrogen-bond donors (Lipinski definition) is 1. The smallest absolute Gasteiger partial charge is 0.240 e. The predicted molar refractivity (Wildman–Crippen MR) is 84.8 cm³/mol. The van der Waals surface area contributed by atoms with Gasteiger partial charge in [0.05, 0.1) is 17.7 Å². The summed E-state index contributed by atoms with van der Waals surface area (Å²) in [6, 6.07) is 3.91. The van der Waals surface area contributed by atoms with E-state index in [1.807, 2.05) is 6.92 Å². The zero-order chi connectivity index (χ0) is 17.2. The van der Waals surface area contributed by atoms with Crippen LogP contribution in [0.3, 0.4) is 0 Å². The molecule has 2 amide bonds. The van der Waals surface area contributed by atoms with Gasteiger partial charge in [0.2, 0.25) is 21.8 Å². The van der Waals surface area contributed by atoms with Gasteiger partial charge in [0.1, 0.15) is 5.75 Å². The maximum atomic E-state index is 12.4. The van der Waals surface area contributed by atoms with E-state index < -0.39 is 10.0 Å². The molecule has 1 aliphatic rings. The van der Waals surface area contributed by atoms with Crippen LogP contribution in [-0.4, -0.2) is 33.4 Å². The topological polar surface area (TPSA) is 92.8 Å². The zero-order valence-electron chi connectivity index (χ0n) is 13.3. The summed E-state index contributed by atoms with van der Waals surface area (Å²) in [5.74, 6) is -0.452. The van der Waals surface area contributed by atoms with E-state index in [0.29, 0.717) is 6.42 Å². The molecule has 8 heteroatoms. The van der Waals surface area contributed by atoms with Crippen LogP contribution in [0, 0.1) is 0 Å². The van der Waals surface area contributed by atoms with Gasteiger partial charge in [-0.3, -0.25) is 9.59 Å². The summed E-state index contributed by atoms with van der Waals surface area (Å²) in [5.41, 5.74) is 0.159. The first-order chi connectivity index (χ1) is 10.8. The summed E-state index contributed by atoms with van der Waals surface area (Å²) in [6.07, 6.45) is 0.875. The van der Waals surface area contributed by atoms with E-state index in [9.17, 15) is 18.0 Å². The van der Waals surface area contributed by atoms with Gasteiger partial charge in [0.25, 0.3) is 0 Å². The Morgan fingerprint density at radius 1 is 1.26 bits per heavy atom. The number of anilines is 1. The van der Waals surface area contributed by atoms with Gasteiger partial charge >= 0.3 is 0 Å². The van der Waals surface area contributed by atoms with E-state index >= 15 is 0 Å². The first-order valence-corrected chi connectivity index (χ1v) is 8.84. The van der Waals surface area contributed by atoms with Crippen molar-refractivity contribution < 1.29 is 22.7 Å². The molecule has 23 heavy (non-hydrogen) atoms. The highest BCUT2D eigenvalue weighted by Crippen LogP contribution is 2.34. The Labute approximate surface area is 135 Å². The van der Waals surface area contributed by atoms with Gasteiger partial charge in [-0.15, -0.1) is 0 Å². The number of carbonyl (C=O) groups excluding carboxylic acids is 2. The number of ether oxygens (including phenoxy) is 1. The Morgan fingerprint density at radius 2 is 1.87 bits per heavy atom. The first-order valence-electron chi connectivity index (χ1n) is 7.36. The van der Waals surface area contributed by atoms with Gasteiger partial charge in [-0.2, -0.15) is 0 Å². The number of carbonyl (C=O) groups is 2. The highest BCUT2D eigenvalue weighted by Gasteiger charge is 2.33. The van der Waals surface area contributed by atoms with Gasteiger partial charge in [-0.25, -0.2) is 18.0 Å². The van der Waals surface area contributed by atoms with Crippen molar-refractivity contribution in [2.24, 2.45) is 0 Å². The second-order valence-corrected chi connectivity index (χ2v) is 7.10. The average molecular weight is 340 g/mol. The highest BCUT2D eigenvalue weighted by atomic mass is 32.2. The van der Waals surface area contributed by atoms with Gasteiger partial charge in [0.15, 0.2) is 0 Å². The Morgan fingerprint density at radius 3 is 2.39 bits per heavy atom. The molecular formula is C15H20N2O5S. The molecule has 126 valence electrons. The molecule has 1 unspecified atom stereocenters. The lowest BCUT2D eigenvalue weighted by atomic mass is 10.2. The van der Waals surface area contributed by atoms with Crippen LogP contribution in [0.1, 0.15) is 33.1 Å². The number of amides is 2. The Balaban J connectivity index is 2.47. The van der Waals surface area contributed by atoms with E-state index in [2.05, 4.69) is 4.72 Å². The van der Waals surface area contributed by atoms with E-state index in [1.165, 1.54) is 25.3 Å². The number of imide groups is 1. The first kappa shape index (κ1) is 17.4. The van der Waals surface area contributed by atoms with Crippen molar-refractivity contribution in [2.45, 2.75) is 44.0 Å². The lowest BCUT2D eigenvalue weighted by Gasteiger charge is -2.19. The van der Waals surface area contributed by atoms with Crippen LogP contribution in [0.25, 0.3) is 0 Å². The number of sulfonamides is 1. The molecule has 7 nitrogen and oxygen atoms in total. The normalized spacial score (nSPS) is 16.7. The molecule has 0 saturated carbocycles. The highest BCUT2D eigenvalue weighted by molar-refractivity contribution is 7.89. The molecule has 0 aromatic heterocycles.